The van der Waals surface area contributed by atoms with Crippen molar-refractivity contribution in [3.63, 3.8) is 0 Å². The van der Waals surface area contributed by atoms with Crippen LogP contribution in [0.2, 0.25) is 0 Å². The zero-order valence-electron chi connectivity index (χ0n) is 10.1. The highest BCUT2D eigenvalue weighted by molar-refractivity contribution is 5.16. The van der Waals surface area contributed by atoms with Crippen molar-refractivity contribution < 1.29 is 5.11 Å². The lowest BCUT2D eigenvalue weighted by Gasteiger charge is -2.24. The lowest BCUT2D eigenvalue weighted by Crippen LogP contribution is -2.34. The molecule has 1 aliphatic heterocycles. The van der Waals surface area contributed by atoms with Crippen molar-refractivity contribution in [3.05, 3.63) is 29.6 Å². The van der Waals surface area contributed by atoms with Gasteiger partial charge in [0.25, 0.3) is 0 Å². The van der Waals surface area contributed by atoms with E-state index in [0.717, 1.165) is 13.1 Å². The number of hydrogen-bond donors (Lipinski definition) is 1. The van der Waals surface area contributed by atoms with Gasteiger partial charge in [-0.3, -0.25) is 9.88 Å². The number of aliphatic hydroxyl groups is 1. The Bertz CT molecular complexity index is 354. The van der Waals surface area contributed by atoms with Gasteiger partial charge in [0.2, 0.25) is 0 Å². The molecule has 0 amide bonds. The molecule has 0 aliphatic carbocycles. The molecule has 2 rings (SSSR count). The van der Waals surface area contributed by atoms with Crippen molar-refractivity contribution in [1.29, 1.82) is 0 Å². The Hall–Kier alpha value is -0.930. The van der Waals surface area contributed by atoms with Crippen LogP contribution in [0, 0.1) is 12.8 Å². The summed E-state index contributed by atoms with van der Waals surface area (Å²) in [6.45, 7) is 6.53. The van der Waals surface area contributed by atoms with Crippen molar-refractivity contribution in [1.82, 2.24) is 9.88 Å². The summed E-state index contributed by atoms with van der Waals surface area (Å²) in [5.41, 5.74) is 2.44. The predicted molar refractivity (Wildman–Crippen MR) is 64.0 cm³/mol. The number of aliphatic hydroxyl groups excluding tert-OH is 1. The number of rotatable bonds is 3. The van der Waals surface area contributed by atoms with E-state index in [1.54, 1.807) is 0 Å². The third-order valence-electron chi connectivity index (χ3n) is 3.50. The summed E-state index contributed by atoms with van der Waals surface area (Å²) in [5.74, 6) is 0.600. The molecule has 16 heavy (non-hydrogen) atoms. The van der Waals surface area contributed by atoms with Crippen molar-refractivity contribution in [2.45, 2.75) is 32.9 Å². The molecule has 1 aromatic heterocycles. The van der Waals surface area contributed by atoms with Crippen LogP contribution in [0.3, 0.4) is 0 Å². The van der Waals surface area contributed by atoms with Gasteiger partial charge in [-0.1, -0.05) is 13.0 Å². The number of aryl methyl sites for hydroxylation is 1. The molecule has 1 saturated heterocycles. The number of aromatic nitrogens is 1. The second-order valence-electron chi connectivity index (χ2n) is 4.86. The largest absolute Gasteiger partial charge is 0.395 e. The highest BCUT2D eigenvalue weighted by atomic mass is 16.3. The maximum Gasteiger partial charge on any atom is 0.0589 e. The van der Waals surface area contributed by atoms with Gasteiger partial charge in [-0.25, -0.2) is 0 Å². The van der Waals surface area contributed by atoms with Crippen LogP contribution >= 0.6 is 0 Å². The van der Waals surface area contributed by atoms with Gasteiger partial charge in [-0.2, -0.15) is 0 Å². The Balaban J connectivity index is 2.04. The Morgan fingerprint density at radius 1 is 1.50 bits per heavy atom. The summed E-state index contributed by atoms with van der Waals surface area (Å²) in [6, 6.07) is 2.49. The van der Waals surface area contributed by atoms with E-state index in [0.29, 0.717) is 12.0 Å². The number of likely N-dealkylation sites (tertiary alicyclic amines) is 1. The second-order valence-corrected chi connectivity index (χ2v) is 4.86. The average Bonchev–Trinajstić information content (AvgIpc) is 2.59. The van der Waals surface area contributed by atoms with Gasteiger partial charge in [0.15, 0.2) is 0 Å². The molecule has 2 heterocycles. The molecule has 0 bridgehead atoms. The molecule has 2 atom stereocenters. The van der Waals surface area contributed by atoms with Crippen LogP contribution in [0.5, 0.6) is 0 Å². The minimum Gasteiger partial charge on any atom is -0.395 e. The molecule has 88 valence electrons. The van der Waals surface area contributed by atoms with Crippen LogP contribution in [0.1, 0.15) is 24.5 Å². The van der Waals surface area contributed by atoms with E-state index in [4.69, 9.17) is 0 Å². The summed E-state index contributed by atoms with van der Waals surface area (Å²) in [6.07, 6.45) is 4.98. The van der Waals surface area contributed by atoms with E-state index in [1.807, 2.05) is 12.4 Å². The normalized spacial score (nSPS) is 26.2. The molecular weight excluding hydrogens is 200 g/mol. The zero-order valence-corrected chi connectivity index (χ0v) is 10.1. The third-order valence-corrected chi connectivity index (χ3v) is 3.50. The van der Waals surface area contributed by atoms with Crippen molar-refractivity contribution in [2.75, 3.05) is 13.2 Å². The van der Waals surface area contributed by atoms with E-state index in [2.05, 4.69) is 29.8 Å². The molecule has 1 N–H and O–H groups in total. The quantitative estimate of drug-likeness (QED) is 0.840. The van der Waals surface area contributed by atoms with E-state index in [-0.39, 0.29) is 6.61 Å². The molecule has 0 aromatic carbocycles. The Labute approximate surface area is 97.1 Å². The highest BCUT2D eigenvalue weighted by Crippen LogP contribution is 2.25. The monoisotopic (exact) mass is 220 g/mol. The first kappa shape index (κ1) is 11.6. The van der Waals surface area contributed by atoms with E-state index in [9.17, 15) is 5.11 Å². The SMILES string of the molecule is Cc1cncc(CN2CCC(C)C2CO)c1. The summed E-state index contributed by atoms with van der Waals surface area (Å²) >= 11 is 0. The first-order valence-electron chi connectivity index (χ1n) is 5.96. The van der Waals surface area contributed by atoms with Crippen LogP contribution in [0.25, 0.3) is 0 Å². The Morgan fingerprint density at radius 2 is 2.31 bits per heavy atom. The smallest absolute Gasteiger partial charge is 0.0589 e. The fourth-order valence-electron chi connectivity index (χ4n) is 2.52. The predicted octanol–water partition coefficient (Wildman–Crippen LogP) is 1.59. The van der Waals surface area contributed by atoms with E-state index < -0.39 is 0 Å². The first-order chi connectivity index (χ1) is 7.70. The van der Waals surface area contributed by atoms with Crippen molar-refractivity contribution >= 4 is 0 Å². The maximum atomic E-state index is 9.38. The minimum absolute atomic E-state index is 0.264. The maximum absolute atomic E-state index is 9.38. The molecule has 3 heteroatoms. The fraction of sp³-hybridized carbons (Fsp3) is 0.615. The van der Waals surface area contributed by atoms with E-state index >= 15 is 0 Å². The van der Waals surface area contributed by atoms with Gasteiger partial charge in [0.05, 0.1) is 6.61 Å². The number of hydrogen-bond acceptors (Lipinski definition) is 3. The summed E-state index contributed by atoms with van der Waals surface area (Å²) in [7, 11) is 0. The van der Waals surface area contributed by atoms with Gasteiger partial charge in [0.1, 0.15) is 0 Å². The highest BCUT2D eigenvalue weighted by Gasteiger charge is 2.30. The zero-order chi connectivity index (χ0) is 11.5. The van der Waals surface area contributed by atoms with Gasteiger partial charge >= 0.3 is 0 Å². The number of pyridine rings is 1. The first-order valence-corrected chi connectivity index (χ1v) is 5.96. The van der Waals surface area contributed by atoms with Crippen molar-refractivity contribution in [3.8, 4) is 0 Å². The van der Waals surface area contributed by atoms with Crippen LogP contribution in [-0.4, -0.2) is 34.2 Å². The van der Waals surface area contributed by atoms with Crippen LogP contribution in [-0.2, 0) is 6.54 Å². The van der Waals surface area contributed by atoms with Crippen LogP contribution in [0.15, 0.2) is 18.5 Å². The van der Waals surface area contributed by atoms with Gasteiger partial charge in [-0.05, 0) is 36.9 Å². The molecule has 1 aliphatic rings. The topological polar surface area (TPSA) is 36.4 Å². The summed E-state index contributed by atoms with van der Waals surface area (Å²) < 4.78 is 0. The van der Waals surface area contributed by atoms with E-state index in [1.165, 1.54) is 17.5 Å². The minimum atomic E-state index is 0.264. The lowest BCUT2D eigenvalue weighted by molar-refractivity contribution is 0.134. The van der Waals surface area contributed by atoms with Crippen molar-refractivity contribution in [2.24, 2.45) is 5.92 Å². The average molecular weight is 220 g/mol. The fourth-order valence-corrected chi connectivity index (χ4v) is 2.52. The number of nitrogens with zero attached hydrogens (tertiary/aromatic N) is 2. The molecule has 2 unspecified atom stereocenters. The standard InChI is InChI=1S/C13H20N2O/c1-10-5-12(7-14-6-10)8-15-4-3-11(2)13(15)9-16/h5-7,11,13,16H,3-4,8-9H2,1-2H3. The molecule has 1 aromatic rings. The molecule has 0 spiro atoms. The van der Waals surface area contributed by atoms with Crippen LogP contribution in [0.4, 0.5) is 0 Å². The Kier molecular flexibility index (Phi) is 3.56. The summed E-state index contributed by atoms with van der Waals surface area (Å²) in [5, 5.41) is 9.38. The molecule has 3 nitrogen and oxygen atoms in total. The lowest BCUT2D eigenvalue weighted by atomic mass is 10.0. The van der Waals surface area contributed by atoms with Crippen LogP contribution < -0.4 is 0 Å². The molecule has 0 radical (unpaired) electrons. The molecular formula is C13H20N2O. The Morgan fingerprint density at radius 3 is 3.00 bits per heavy atom. The third kappa shape index (κ3) is 2.42. The molecule has 0 saturated carbocycles. The second kappa shape index (κ2) is 4.93. The van der Waals surface area contributed by atoms with Gasteiger partial charge in [0, 0.05) is 25.0 Å². The van der Waals surface area contributed by atoms with Gasteiger partial charge < -0.3 is 5.11 Å². The molecule has 1 fully saturated rings. The van der Waals surface area contributed by atoms with Gasteiger partial charge in [-0.15, -0.1) is 0 Å². The summed E-state index contributed by atoms with van der Waals surface area (Å²) in [4.78, 5) is 6.57.